The van der Waals surface area contributed by atoms with Gasteiger partial charge in [-0.15, -0.1) is 0 Å². The number of methoxy groups -OCH3 is 2. The Hall–Kier alpha value is -2.04. The minimum atomic E-state index is -0.749. The van der Waals surface area contributed by atoms with Crippen LogP contribution in [0, 0.1) is 0 Å². The maximum atomic E-state index is 10.7. The zero-order valence-corrected chi connectivity index (χ0v) is 14.6. The van der Waals surface area contributed by atoms with Crippen molar-refractivity contribution in [2.75, 3.05) is 20.8 Å². The van der Waals surface area contributed by atoms with E-state index < -0.39 is 6.10 Å². The molecule has 1 N–H and O–H groups in total. The lowest BCUT2D eigenvalue weighted by atomic mass is 9.99. The molecule has 0 bridgehead atoms. The van der Waals surface area contributed by atoms with E-state index >= 15 is 0 Å². The van der Waals surface area contributed by atoms with Gasteiger partial charge >= 0.3 is 0 Å². The fourth-order valence-electron chi connectivity index (χ4n) is 2.46. The zero-order valence-electron chi connectivity index (χ0n) is 14.6. The van der Waals surface area contributed by atoms with Crippen LogP contribution in [-0.4, -0.2) is 25.9 Å². The predicted octanol–water partition coefficient (Wildman–Crippen LogP) is 4.10. The Bertz CT molecular complexity index is 622. The van der Waals surface area contributed by atoms with Crippen molar-refractivity contribution in [1.82, 2.24) is 0 Å². The highest BCUT2D eigenvalue weighted by molar-refractivity contribution is 5.45. The number of rotatable bonds is 9. The Labute approximate surface area is 144 Å². The van der Waals surface area contributed by atoms with Crippen molar-refractivity contribution in [1.29, 1.82) is 0 Å². The van der Waals surface area contributed by atoms with Crippen molar-refractivity contribution >= 4 is 0 Å². The standard InChI is InChI=1S/C20H26O4/c1-4-5-12-24-14-15-6-8-16(9-7-15)20(21)18-11-10-17(22-2)13-19(18)23-3/h6-11,13,20-21H,4-5,12,14H2,1-3H3. The van der Waals surface area contributed by atoms with E-state index in [4.69, 9.17) is 14.2 Å². The highest BCUT2D eigenvalue weighted by Gasteiger charge is 2.16. The van der Waals surface area contributed by atoms with Gasteiger partial charge in [0.2, 0.25) is 0 Å². The molecule has 0 aliphatic heterocycles. The fraction of sp³-hybridized carbons (Fsp3) is 0.400. The van der Waals surface area contributed by atoms with Crippen LogP contribution >= 0.6 is 0 Å². The molecule has 0 aromatic heterocycles. The maximum absolute atomic E-state index is 10.7. The largest absolute Gasteiger partial charge is 0.497 e. The van der Waals surface area contributed by atoms with E-state index in [0.717, 1.165) is 30.6 Å². The van der Waals surface area contributed by atoms with Crippen molar-refractivity contribution in [3.05, 3.63) is 59.2 Å². The number of unbranched alkanes of at least 4 members (excludes halogenated alkanes) is 1. The minimum Gasteiger partial charge on any atom is -0.497 e. The van der Waals surface area contributed by atoms with Crippen molar-refractivity contribution < 1.29 is 19.3 Å². The summed E-state index contributed by atoms with van der Waals surface area (Å²) in [6, 6.07) is 13.2. The average molecular weight is 330 g/mol. The monoisotopic (exact) mass is 330 g/mol. The van der Waals surface area contributed by atoms with Crippen LogP contribution in [-0.2, 0) is 11.3 Å². The van der Waals surface area contributed by atoms with Crippen LogP contribution in [0.3, 0.4) is 0 Å². The number of benzene rings is 2. The molecular weight excluding hydrogens is 304 g/mol. The van der Waals surface area contributed by atoms with Crippen LogP contribution < -0.4 is 9.47 Å². The van der Waals surface area contributed by atoms with E-state index in [9.17, 15) is 5.11 Å². The fourth-order valence-corrected chi connectivity index (χ4v) is 2.46. The van der Waals surface area contributed by atoms with E-state index in [2.05, 4.69) is 6.92 Å². The molecule has 0 aliphatic carbocycles. The summed E-state index contributed by atoms with van der Waals surface area (Å²) in [5.41, 5.74) is 2.63. The van der Waals surface area contributed by atoms with Crippen LogP contribution in [0.5, 0.6) is 11.5 Å². The summed E-state index contributed by atoms with van der Waals surface area (Å²) in [5, 5.41) is 10.7. The lowest BCUT2D eigenvalue weighted by Crippen LogP contribution is -2.03. The smallest absolute Gasteiger partial charge is 0.128 e. The molecule has 130 valence electrons. The molecule has 0 radical (unpaired) electrons. The molecule has 2 aromatic carbocycles. The van der Waals surface area contributed by atoms with Gasteiger partial charge in [-0.25, -0.2) is 0 Å². The highest BCUT2D eigenvalue weighted by atomic mass is 16.5. The molecule has 1 atom stereocenters. The van der Waals surface area contributed by atoms with Gasteiger partial charge in [-0.1, -0.05) is 37.6 Å². The van der Waals surface area contributed by atoms with Gasteiger partial charge in [0, 0.05) is 18.2 Å². The van der Waals surface area contributed by atoms with E-state index in [1.54, 1.807) is 20.3 Å². The Kier molecular flexibility index (Phi) is 7.09. The van der Waals surface area contributed by atoms with Gasteiger partial charge in [0.1, 0.15) is 17.6 Å². The molecule has 0 heterocycles. The van der Waals surface area contributed by atoms with Gasteiger partial charge < -0.3 is 19.3 Å². The Balaban J connectivity index is 2.08. The third-order valence-electron chi connectivity index (χ3n) is 3.94. The van der Waals surface area contributed by atoms with Crippen molar-refractivity contribution in [3.8, 4) is 11.5 Å². The maximum Gasteiger partial charge on any atom is 0.128 e. The summed E-state index contributed by atoms with van der Waals surface area (Å²) in [6.45, 7) is 3.53. The first-order valence-electron chi connectivity index (χ1n) is 8.26. The molecule has 0 amide bonds. The van der Waals surface area contributed by atoms with Crippen LogP contribution in [0.4, 0.5) is 0 Å². The van der Waals surface area contributed by atoms with Crippen molar-refractivity contribution in [2.24, 2.45) is 0 Å². The molecular formula is C20H26O4. The summed E-state index contributed by atoms with van der Waals surface area (Å²) in [7, 11) is 3.19. The lowest BCUT2D eigenvalue weighted by Gasteiger charge is -2.16. The first kappa shape index (κ1) is 18.3. The van der Waals surface area contributed by atoms with Crippen LogP contribution in [0.15, 0.2) is 42.5 Å². The van der Waals surface area contributed by atoms with Crippen molar-refractivity contribution in [3.63, 3.8) is 0 Å². The Morgan fingerprint density at radius 2 is 1.75 bits per heavy atom. The first-order chi connectivity index (χ1) is 11.7. The van der Waals surface area contributed by atoms with Crippen LogP contribution in [0.1, 0.15) is 42.6 Å². The molecule has 0 spiro atoms. The molecule has 4 nitrogen and oxygen atoms in total. The topological polar surface area (TPSA) is 47.9 Å². The summed E-state index contributed by atoms with van der Waals surface area (Å²) < 4.78 is 16.2. The second kappa shape index (κ2) is 9.30. The molecule has 2 rings (SSSR count). The third-order valence-corrected chi connectivity index (χ3v) is 3.94. The molecule has 0 saturated carbocycles. The van der Waals surface area contributed by atoms with Crippen LogP contribution in [0.25, 0.3) is 0 Å². The van der Waals surface area contributed by atoms with Gasteiger partial charge in [-0.2, -0.15) is 0 Å². The quantitative estimate of drug-likeness (QED) is 0.703. The van der Waals surface area contributed by atoms with Gasteiger partial charge in [0.15, 0.2) is 0 Å². The van der Waals surface area contributed by atoms with E-state index in [1.165, 1.54) is 0 Å². The van der Waals surface area contributed by atoms with Gasteiger partial charge in [-0.3, -0.25) is 0 Å². The van der Waals surface area contributed by atoms with Crippen LogP contribution in [0.2, 0.25) is 0 Å². The second-order valence-corrected chi connectivity index (χ2v) is 5.66. The summed E-state index contributed by atoms with van der Waals surface area (Å²) >= 11 is 0. The second-order valence-electron chi connectivity index (χ2n) is 5.66. The summed E-state index contributed by atoms with van der Waals surface area (Å²) in [6.07, 6.45) is 1.46. The molecule has 2 aromatic rings. The van der Waals surface area contributed by atoms with E-state index in [-0.39, 0.29) is 0 Å². The molecule has 1 unspecified atom stereocenters. The number of aliphatic hydroxyl groups is 1. The third kappa shape index (κ3) is 4.73. The zero-order chi connectivity index (χ0) is 17.4. The molecule has 0 fully saturated rings. The molecule has 24 heavy (non-hydrogen) atoms. The molecule has 0 saturated heterocycles. The van der Waals surface area contributed by atoms with Gasteiger partial charge in [0.25, 0.3) is 0 Å². The SMILES string of the molecule is CCCCOCc1ccc(C(O)c2ccc(OC)cc2OC)cc1. The summed E-state index contributed by atoms with van der Waals surface area (Å²) in [5.74, 6) is 1.30. The lowest BCUT2D eigenvalue weighted by molar-refractivity contribution is 0.118. The molecule has 4 heteroatoms. The number of hydrogen-bond donors (Lipinski definition) is 1. The van der Waals surface area contributed by atoms with Gasteiger partial charge in [0.05, 0.1) is 20.8 Å². The number of hydrogen-bond acceptors (Lipinski definition) is 4. The average Bonchev–Trinajstić information content (AvgIpc) is 2.64. The van der Waals surface area contributed by atoms with E-state index in [0.29, 0.717) is 23.7 Å². The predicted molar refractivity (Wildman–Crippen MR) is 94.6 cm³/mol. The number of aliphatic hydroxyl groups excluding tert-OH is 1. The normalized spacial score (nSPS) is 12.0. The Morgan fingerprint density at radius 3 is 2.38 bits per heavy atom. The molecule has 0 aliphatic rings. The summed E-state index contributed by atoms with van der Waals surface area (Å²) in [4.78, 5) is 0. The van der Waals surface area contributed by atoms with E-state index in [1.807, 2.05) is 36.4 Å². The highest BCUT2D eigenvalue weighted by Crippen LogP contribution is 2.33. The van der Waals surface area contributed by atoms with Gasteiger partial charge in [-0.05, 0) is 29.7 Å². The van der Waals surface area contributed by atoms with Crippen molar-refractivity contribution in [2.45, 2.75) is 32.5 Å². The minimum absolute atomic E-state index is 0.599. The first-order valence-corrected chi connectivity index (χ1v) is 8.26. The number of ether oxygens (including phenoxy) is 3. The Morgan fingerprint density at radius 1 is 1.00 bits per heavy atom.